The molecule has 2 unspecified atom stereocenters. The van der Waals surface area contributed by atoms with Gasteiger partial charge in [0.05, 0.1) is 22.8 Å². The van der Waals surface area contributed by atoms with Crippen LogP contribution in [0.5, 0.6) is 0 Å². The third-order valence-corrected chi connectivity index (χ3v) is 4.38. The SMILES string of the molecule is CCN(CC)CC1CC1c1n[nH]c2ccc(C#N)cc12. The molecule has 104 valence electrons. The summed E-state index contributed by atoms with van der Waals surface area (Å²) in [5.41, 5.74) is 2.89. The topological polar surface area (TPSA) is 55.7 Å². The molecule has 0 saturated heterocycles. The predicted molar refractivity (Wildman–Crippen MR) is 79.4 cm³/mol. The Morgan fingerprint density at radius 3 is 2.90 bits per heavy atom. The van der Waals surface area contributed by atoms with Gasteiger partial charge in [-0.15, -0.1) is 0 Å². The minimum absolute atomic E-state index is 0.554. The first-order valence-corrected chi connectivity index (χ1v) is 7.37. The van der Waals surface area contributed by atoms with Crippen molar-refractivity contribution < 1.29 is 0 Å². The van der Waals surface area contributed by atoms with Crippen LogP contribution in [0.1, 0.15) is 37.4 Å². The fourth-order valence-corrected chi connectivity index (χ4v) is 2.98. The van der Waals surface area contributed by atoms with Crippen LogP contribution in [0.2, 0.25) is 0 Å². The number of hydrogen-bond acceptors (Lipinski definition) is 3. The zero-order valence-electron chi connectivity index (χ0n) is 12.1. The summed E-state index contributed by atoms with van der Waals surface area (Å²) in [6.07, 6.45) is 1.22. The average molecular weight is 268 g/mol. The first-order valence-electron chi connectivity index (χ1n) is 7.37. The molecule has 2 atom stereocenters. The third-order valence-electron chi connectivity index (χ3n) is 4.38. The number of nitrogens with zero attached hydrogens (tertiary/aromatic N) is 3. The molecule has 0 spiro atoms. The van der Waals surface area contributed by atoms with Gasteiger partial charge >= 0.3 is 0 Å². The van der Waals surface area contributed by atoms with Gasteiger partial charge in [-0.2, -0.15) is 10.4 Å². The number of fused-ring (bicyclic) bond motifs is 1. The fraction of sp³-hybridized carbons (Fsp3) is 0.500. The summed E-state index contributed by atoms with van der Waals surface area (Å²) in [7, 11) is 0. The van der Waals surface area contributed by atoms with Crippen molar-refractivity contribution in [2.24, 2.45) is 5.92 Å². The van der Waals surface area contributed by atoms with E-state index in [0.29, 0.717) is 17.4 Å². The molecule has 0 aliphatic heterocycles. The lowest BCUT2D eigenvalue weighted by atomic mass is 10.1. The molecule has 1 aliphatic carbocycles. The summed E-state index contributed by atoms with van der Waals surface area (Å²) in [6, 6.07) is 7.95. The summed E-state index contributed by atoms with van der Waals surface area (Å²) in [5, 5.41) is 17.7. The molecule has 2 aromatic rings. The lowest BCUT2D eigenvalue weighted by molar-refractivity contribution is 0.289. The largest absolute Gasteiger partial charge is 0.304 e. The van der Waals surface area contributed by atoms with Gasteiger partial charge in [-0.3, -0.25) is 5.10 Å². The highest BCUT2D eigenvalue weighted by atomic mass is 15.1. The maximum atomic E-state index is 9.03. The van der Waals surface area contributed by atoms with Crippen LogP contribution in [-0.2, 0) is 0 Å². The molecule has 1 fully saturated rings. The lowest BCUT2D eigenvalue weighted by Crippen LogP contribution is -2.25. The molecular weight excluding hydrogens is 248 g/mol. The Bertz CT molecular complexity index is 648. The molecule has 4 heteroatoms. The molecule has 1 heterocycles. The van der Waals surface area contributed by atoms with Crippen LogP contribution < -0.4 is 0 Å². The Labute approximate surface area is 119 Å². The fourth-order valence-electron chi connectivity index (χ4n) is 2.98. The lowest BCUT2D eigenvalue weighted by Gasteiger charge is -2.17. The molecule has 4 nitrogen and oxygen atoms in total. The normalized spacial score (nSPS) is 21.3. The molecule has 3 rings (SSSR count). The molecule has 0 radical (unpaired) electrons. The van der Waals surface area contributed by atoms with E-state index in [4.69, 9.17) is 5.26 Å². The molecule has 1 aromatic heterocycles. The van der Waals surface area contributed by atoms with Gasteiger partial charge in [0.15, 0.2) is 0 Å². The third kappa shape index (κ3) is 2.30. The number of hydrogen-bond donors (Lipinski definition) is 1. The second-order valence-electron chi connectivity index (χ2n) is 5.57. The van der Waals surface area contributed by atoms with E-state index in [2.05, 4.69) is 35.0 Å². The molecule has 20 heavy (non-hydrogen) atoms. The smallest absolute Gasteiger partial charge is 0.0991 e. The van der Waals surface area contributed by atoms with E-state index in [1.807, 2.05) is 18.2 Å². The van der Waals surface area contributed by atoms with E-state index < -0.39 is 0 Å². The van der Waals surface area contributed by atoms with Crippen molar-refractivity contribution in [1.29, 1.82) is 5.26 Å². The highest BCUT2D eigenvalue weighted by Gasteiger charge is 2.41. The molecule has 1 saturated carbocycles. The second-order valence-corrected chi connectivity index (χ2v) is 5.57. The summed E-state index contributed by atoms with van der Waals surface area (Å²) >= 11 is 0. The van der Waals surface area contributed by atoms with Crippen LogP contribution in [-0.4, -0.2) is 34.7 Å². The van der Waals surface area contributed by atoms with E-state index in [1.54, 1.807) is 0 Å². The van der Waals surface area contributed by atoms with E-state index in [0.717, 1.165) is 36.2 Å². The number of aromatic amines is 1. The Hall–Kier alpha value is -1.86. The molecule has 1 aliphatic rings. The minimum Gasteiger partial charge on any atom is -0.304 e. The molecule has 0 bridgehead atoms. The summed E-state index contributed by atoms with van der Waals surface area (Å²) in [6.45, 7) is 7.80. The number of nitrogens with one attached hydrogen (secondary N) is 1. The van der Waals surface area contributed by atoms with Crippen molar-refractivity contribution in [1.82, 2.24) is 15.1 Å². The zero-order chi connectivity index (χ0) is 14.1. The van der Waals surface area contributed by atoms with Crippen molar-refractivity contribution >= 4 is 10.9 Å². The number of rotatable bonds is 5. The summed E-state index contributed by atoms with van der Waals surface area (Å²) in [4.78, 5) is 2.47. The second kappa shape index (κ2) is 5.26. The first-order chi connectivity index (χ1) is 9.76. The monoisotopic (exact) mass is 268 g/mol. The Kier molecular flexibility index (Phi) is 3.45. The van der Waals surface area contributed by atoms with Crippen LogP contribution in [0.4, 0.5) is 0 Å². The summed E-state index contributed by atoms with van der Waals surface area (Å²) in [5.74, 6) is 1.27. The van der Waals surface area contributed by atoms with Crippen molar-refractivity contribution in [3.63, 3.8) is 0 Å². The maximum absolute atomic E-state index is 9.03. The molecular formula is C16H20N4. The van der Waals surface area contributed by atoms with Gasteiger partial charge < -0.3 is 4.90 Å². The molecule has 1 aromatic carbocycles. The maximum Gasteiger partial charge on any atom is 0.0991 e. The first kappa shape index (κ1) is 13.1. The summed E-state index contributed by atoms with van der Waals surface area (Å²) < 4.78 is 0. The standard InChI is InChI=1S/C16H20N4/c1-3-20(4-2)10-12-8-13(12)16-14-7-11(9-17)5-6-15(14)18-19-16/h5-7,12-13H,3-4,8,10H2,1-2H3,(H,18,19). The van der Waals surface area contributed by atoms with Crippen LogP contribution in [0.3, 0.4) is 0 Å². The quantitative estimate of drug-likeness (QED) is 0.907. The molecule has 1 N–H and O–H groups in total. The van der Waals surface area contributed by atoms with E-state index >= 15 is 0 Å². The minimum atomic E-state index is 0.554. The van der Waals surface area contributed by atoms with Crippen molar-refractivity contribution in [2.45, 2.75) is 26.2 Å². The van der Waals surface area contributed by atoms with Crippen LogP contribution in [0, 0.1) is 17.2 Å². The van der Waals surface area contributed by atoms with Crippen LogP contribution in [0.15, 0.2) is 18.2 Å². The van der Waals surface area contributed by atoms with E-state index in [1.165, 1.54) is 6.42 Å². The van der Waals surface area contributed by atoms with E-state index in [9.17, 15) is 0 Å². The van der Waals surface area contributed by atoms with Gasteiger partial charge in [-0.25, -0.2) is 0 Å². The van der Waals surface area contributed by atoms with Crippen molar-refractivity contribution in [2.75, 3.05) is 19.6 Å². The van der Waals surface area contributed by atoms with Gasteiger partial charge in [0.1, 0.15) is 0 Å². The Morgan fingerprint density at radius 2 is 2.20 bits per heavy atom. The van der Waals surface area contributed by atoms with E-state index in [-0.39, 0.29) is 0 Å². The van der Waals surface area contributed by atoms with Gasteiger partial charge in [-0.1, -0.05) is 13.8 Å². The van der Waals surface area contributed by atoms with Gasteiger partial charge in [0.2, 0.25) is 0 Å². The Morgan fingerprint density at radius 1 is 1.40 bits per heavy atom. The number of aromatic nitrogens is 2. The average Bonchev–Trinajstić information content (AvgIpc) is 3.12. The van der Waals surface area contributed by atoms with Crippen molar-refractivity contribution in [3.8, 4) is 6.07 Å². The van der Waals surface area contributed by atoms with Gasteiger partial charge in [-0.05, 0) is 43.6 Å². The number of nitriles is 1. The predicted octanol–water partition coefficient (Wildman–Crippen LogP) is 2.88. The van der Waals surface area contributed by atoms with Crippen molar-refractivity contribution in [3.05, 3.63) is 29.5 Å². The molecule has 0 amide bonds. The Balaban J connectivity index is 1.81. The van der Waals surface area contributed by atoms with Crippen LogP contribution >= 0.6 is 0 Å². The highest BCUT2D eigenvalue weighted by Crippen LogP contribution is 2.49. The van der Waals surface area contributed by atoms with Gasteiger partial charge in [0, 0.05) is 17.8 Å². The highest BCUT2D eigenvalue weighted by molar-refractivity contribution is 5.83. The number of benzene rings is 1. The number of H-pyrrole nitrogens is 1. The van der Waals surface area contributed by atoms with Gasteiger partial charge in [0.25, 0.3) is 0 Å². The zero-order valence-corrected chi connectivity index (χ0v) is 12.1. The van der Waals surface area contributed by atoms with Crippen LogP contribution in [0.25, 0.3) is 10.9 Å².